The Kier molecular flexibility index (Phi) is 5.24. The molecule has 1 amide bonds. The number of benzene rings is 1. The summed E-state index contributed by atoms with van der Waals surface area (Å²) in [6.45, 7) is 4.01. The van der Waals surface area contributed by atoms with Crippen molar-refractivity contribution in [3.63, 3.8) is 0 Å². The summed E-state index contributed by atoms with van der Waals surface area (Å²) in [5.74, 6) is -0.202. The number of hydrazine groups is 1. The molecule has 3 saturated heterocycles. The molecular weight excluding hydrogens is 427 g/mol. The van der Waals surface area contributed by atoms with E-state index in [1.54, 1.807) is 6.07 Å². The number of nitrogens with zero attached hydrogens (tertiary/aromatic N) is 2. The van der Waals surface area contributed by atoms with Crippen LogP contribution in [0.2, 0.25) is 0 Å². The van der Waals surface area contributed by atoms with E-state index in [0.29, 0.717) is 19.6 Å². The molecule has 4 rings (SSSR count). The minimum absolute atomic E-state index is 0.0220. The Balaban J connectivity index is 1.42. The summed E-state index contributed by atoms with van der Waals surface area (Å²) in [7, 11) is 0. The lowest BCUT2D eigenvalue weighted by Gasteiger charge is -2.40. The Morgan fingerprint density at radius 3 is 2.92 bits per heavy atom. The number of fused-ring (bicyclic) bond motifs is 1. The van der Waals surface area contributed by atoms with Crippen molar-refractivity contribution in [1.29, 1.82) is 0 Å². The van der Waals surface area contributed by atoms with Gasteiger partial charge in [-0.2, -0.15) is 0 Å². The van der Waals surface area contributed by atoms with E-state index in [4.69, 9.17) is 16.3 Å². The van der Waals surface area contributed by atoms with Crippen molar-refractivity contribution < 1.29 is 13.9 Å². The number of halogens is 3. The Bertz CT molecular complexity index is 711. The maximum atomic E-state index is 13.3. The highest BCUT2D eigenvalue weighted by atomic mass is 79.9. The molecule has 6 nitrogen and oxygen atoms in total. The number of piperazine rings is 1. The van der Waals surface area contributed by atoms with Crippen LogP contribution < -0.4 is 10.9 Å². The van der Waals surface area contributed by atoms with Crippen LogP contribution in [0, 0.1) is 12.7 Å². The van der Waals surface area contributed by atoms with Gasteiger partial charge in [0.05, 0.1) is 22.9 Å². The third-order valence-electron chi connectivity index (χ3n) is 5.27. The quantitative estimate of drug-likeness (QED) is 0.416. The largest absolute Gasteiger partial charge is 0.350 e. The monoisotopic (exact) mass is 446 g/mol. The van der Waals surface area contributed by atoms with Crippen molar-refractivity contribution in [2.24, 2.45) is 0 Å². The first-order valence-corrected chi connectivity index (χ1v) is 10.0. The fraction of sp³-hybridized carbons (Fsp3) is 0.588. The predicted octanol–water partition coefficient (Wildman–Crippen LogP) is 1.31. The molecule has 0 saturated carbocycles. The zero-order valence-electron chi connectivity index (χ0n) is 14.3. The second-order valence-electron chi connectivity index (χ2n) is 7.00. The molecule has 0 aliphatic carbocycles. The molecule has 2 N–H and O–H groups in total. The number of rotatable bonds is 3. The van der Waals surface area contributed by atoms with Gasteiger partial charge >= 0.3 is 0 Å². The van der Waals surface area contributed by atoms with E-state index in [-0.39, 0.29) is 40.4 Å². The van der Waals surface area contributed by atoms with E-state index in [2.05, 4.69) is 31.7 Å². The van der Waals surface area contributed by atoms with Gasteiger partial charge in [0.1, 0.15) is 18.1 Å². The lowest BCUT2D eigenvalue weighted by atomic mass is 10.1. The zero-order chi connectivity index (χ0) is 18.4. The number of alkyl halides is 2. The SMILES string of the molecule is Cc1cc(F)ccc1CN1CCN(C2C(Cl)C(Br)NNC3OC32)CC1=O. The van der Waals surface area contributed by atoms with Crippen molar-refractivity contribution in [3.05, 3.63) is 35.1 Å². The third-order valence-corrected chi connectivity index (χ3v) is 6.88. The zero-order valence-corrected chi connectivity index (χ0v) is 16.6. The van der Waals surface area contributed by atoms with Crippen LogP contribution in [0.4, 0.5) is 4.39 Å². The molecule has 142 valence electrons. The van der Waals surface area contributed by atoms with Crippen LogP contribution >= 0.6 is 27.5 Å². The molecule has 9 heteroatoms. The van der Waals surface area contributed by atoms with Crippen LogP contribution in [0.15, 0.2) is 18.2 Å². The molecule has 0 bridgehead atoms. The molecule has 5 atom stereocenters. The van der Waals surface area contributed by atoms with Gasteiger partial charge in [-0.1, -0.05) is 22.0 Å². The summed E-state index contributed by atoms with van der Waals surface area (Å²) in [6, 6.07) is 4.64. The molecule has 26 heavy (non-hydrogen) atoms. The number of nitrogens with one attached hydrogen (secondary N) is 2. The molecule has 3 aliphatic rings. The molecule has 3 fully saturated rings. The number of epoxide rings is 1. The number of aryl methyl sites for hydroxylation is 1. The van der Waals surface area contributed by atoms with Gasteiger partial charge in [-0.15, -0.1) is 11.6 Å². The first kappa shape index (κ1) is 18.6. The van der Waals surface area contributed by atoms with Gasteiger partial charge in [0, 0.05) is 19.6 Å². The summed E-state index contributed by atoms with van der Waals surface area (Å²) >= 11 is 10.1. The van der Waals surface area contributed by atoms with E-state index >= 15 is 0 Å². The van der Waals surface area contributed by atoms with Crippen LogP contribution in [0.25, 0.3) is 0 Å². The van der Waals surface area contributed by atoms with Crippen LogP contribution in [-0.2, 0) is 16.1 Å². The predicted molar refractivity (Wildman–Crippen MR) is 99.2 cm³/mol. The Morgan fingerprint density at radius 2 is 2.19 bits per heavy atom. The van der Waals surface area contributed by atoms with E-state index in [0.717, 1.165) is 17.7 Å². The lowest BCUT2D eigenvalue weighted by molar-refractivity contribution is -0.138. The molecule has 5 unspecified atom stereocenters. The summed E-state index contributed by atoms with van der Waals surface area (Å²) in [4.78, 5) is 16.5. The second kappa shape index (κ2) is 7.33. The van der Waals surface area contributed by atoms with Crippen LogP contribution in [0.1, 0.15) is 11.1 Å². The van der Waals surface area contributed by atoms with E-state index in [9.17, 15) is 9.18 Å². The number of carbonyl (C=O) groups excluding carboxylic acids is 1. The van der Waals surface area contributed by atoms with E-state index in [1.165, 1.54) is 12.1 Å². The fourth-order valence-corrected chi connectivity index (χ4v) is 4.51. The van der Waals surface area contributed by atoms with Gasteiger partial charge in [-0.05, 0) is 30.2 Å². The van der Waals surface area contributed by atoms with Gasteiger partial charge in [0.25, 0.3) is 0 Å². The highest BCUT2D eigenvalue weighted by molar-refractivity contribution is 9.09. The van der Waals surface area contributed by atoms with Gasteiger partial charge in [-0.3, -0.25) is 9.69 Å². The van der Waals surface area contributed by atoms with E-state index in [1.807, 2.05) is 11.8 Å². The summed E-state index contributed by atoms with van der Waals surface area (Å²) in [5.41, 5.74) is 7.98. The number of hydrogen-bond donors (Lipinski definition) is 2. The van der Waals surface area contributed by atoms with Gasteiger partial charge in [0.15, 0.2) is 0 Å². The van der Waals surface area contributed by atoms with Crippen LogP contribution in [-0.4, -0.2) is 64.0 Å². The standard InChI is InChI=1S/C17H21BrClFN4O2/c1-9-6-11(20)3-2-10(9)7-23-4-5-24(8-12(23)25)14-13(19)16(18)21-22-17-15(14)26-17/h2-3,6,13-17,21-22H,4-5,7-8H2,1H3. The van der Waals surface area contributed by atoms with Crippen molar-refractivity contribution >= 4 is 33.4 Å². The summed E-state index contributed by atoms with van der Waals surface area (Å²) in [5, 5.41) is -0.237. The molecule has 3 heterocycles. The summed E-state index contributed by atoms with van der Waals surface area (Å²) < 4.78 is 18.9. The van der Waals surface area contributed by atoms with Gasteiger partial charge in [-0.25, -0.2) is 15.2 Å². The van der Waals surface area contributed by atoms with Crippen molar-refractivity contribution in [1.82, 2.24) is 20.7 Å². The molecule has 0 aromatic heterocycles. The molecule has 3 aliphatic heterocycles. The molecule has 1 aromatic rings. The molecular formula is C17H21BrClFN4O2. The van der Waals surface area contributed by atoms with Gasteiger partial charge < -0.3 is 9.64 Å². The minimum Gasteiger partial charge on any atom is -0.350 e. The van der Waals surface area contributed by atoms with Crippen molar-refractivity contribution in [3.8, 4) is 0 Å². The Morgan fingerprint density at radius 1 is 1.38 bits per heavy atom. The smallest absolute Gasteiger partial charge is 0.237 e. The first-order chi connectivity index (χ1) is 12.4. The van der Waals surface area contributed by atoms with Crippen molar-refractivity contribution in [2.45, 2.75) is 42.2 Å². The highest BCUT2D eigenvalue weighted by Crippen LogP contribution is 2.35. The van der Waals surface area contributed by atoms with E-state index < -0.39 is 0 Å². The second-order valence-corrected chi connectivity index (χ2v) is 8.49. The van der Waals surface area contributed by atoms with Gasteiger partial charge in [0.2, 0.25) is 5.91 Å². The van der Waals surface area contributed by atoms with Crippen LogP contribution in [0.5, 0.6) is 0 Å². The number of ether oxygens (including phenoxy) is 1. The Hall–Kier alpha value is -0.770. The normalized spacial score (nSPS) is 35.2. The molecule has 0 radical (unpaired) electrons. The molecule has 0 spiro atoms. The first-order valence-electron chi connectivity index (χ1n) is 8.65. The number of hydrogen-bond acceptors (Lipinski definition) is 5. The minimum atomic E-state index is -0.255. The van der Waals surface area contributed by atoms with Crippen molar-refractivity contribution in [2.75, 3.05) is 19.6 Å². The highest BCUT2D eigenvalue weighted by Gasteiger charge is 2.54. The average Bonchev–Trinajstić information content (AvgIpc) is 3.37. The third kappa shape index (κ3) is 3.63. The fourth-order valence-electron chi connectivity index (χ4n) is 3.70. The lowest BCUT2D eigenvalue weighted by Crippen LogP contribution is -2.58. The number of carbonyl (C=O) groups is 1. The average molecular weight is 448 g/mol. The maximum Gasteiger partial charge on any atom is 0.237 e. The summed E-state index contributed by atoms with van der Waals surface area (Å²) in [6.07, 6.45) is -0.0926. The topological polar surface area (TPSA) is 60.1 Å². The number of amides is 1. The van der Waals surface area contributed by atoms with Crippen LogP contribution in [0.3, 0.4) is 0 Å². The Labute approximate surface area is 165 Å². The molecule has 1 aromatic carbocycles. The maximum absolute atomic E-state index is 13.3.